The summed E-state index contributed by atoms with van der Waals surface area (Å²) in [6, 6.07) is 5.73. The fourth-order valence-electron chi connectivity index (χ4n) is 3.00. The SMILES string of the molecule is Cc1ccc(OCC(=O)O[C@H](C)C(=O)NCCC2=CCCCC2)c(C)c1. The van der Waals surface area contributed by atoms with Crippen LogP contribution in [0.15, 0.2) is 29.8 Å². The van der Waals surface area contributed by atoms with Crippen molar-refractivity contribution in [1.82, 2.24) is 5.32 Å². The average molecular weight is 359 g/mol. The second-order valence-corrected chi connectivity index (χ2v) is 6.84. The predicted octanol–water partition coefficient (Wildman–Crippen LogP) is 3.62. The van der Waals surface area contributed by atoms with E-state index >= 15 is 0 Å². The molecule has 1 aliphatic carbocycles. The van der Waals surface area contributed by atoms with Crippen LogP contribution in [-0.4, -0.2) is 31.1 Å². The Morgan fingerprint density at radius 2 is 2.04 bits per heavy atom. The van der Waals surface area contributed by atoms with Gasteiger partial charge in [0.2, 0.25) is 0 Å². The van der Waals surface area contributed by atoms with Crippen LogP contribution in [0.1, 0.15) is 50.2 Å². The smallest absolute Gasteiger partial charge is 0.344 e. The Morgan fingerprint density at radius 3 is 2.73 bits per heavy atom. The van der Waals surface area contributed by atoms with Crippen LogP contribution in [0.4, 0.5) is 0 Å². The topological polar surface area (TPSA) is 64.6 Å². The zero-order valence-corrected chi connectivity index (χ0v) is 16.0. The summed E-state index contributed by atoms with van der Waals surface area (Å²) in [5.74, 6) is -0.186. The van der Waals surface area contributed by atoms with E-state index in [1.807, 2.05) is 32.0 Å². The Morgan fingerprint density at radius 1 is 1.23 bits per heavy atom. The highest BCUT2D eigenvalue weighted by Crippen LogP contribution is 2.20. The number of rotatable bonds is 8. The quantitative estimate of drug-likeness (QED) is 0.569. The Hall–Kier alpha value is -2.30. The lowest BCUT2D eigenvalue weighted by atomic mass is 9.97. The predicted molar refractivity (Wildman–Crippen MR) is 101 cm³/mol. The molecule has 1 aromatic rings. The molecule has 0 saturated carbocycles. The average Bonchev–Trinajstić information content (AvgIpc) is 2.61. The van der Waals surface area contributed by atoms with Crippen molar-refractivity contribution in [3.63, 3.8) is 0 Å². The lowest BCUT2D eigenvalue weighted by Crippen LogP contribution is -2.37. The summed E-state index contributed by atoms with van der Waals surface area (Å²) >= 11 is 0. The zero-order chi connectivity index (χ0) is 18.9. The van der Waals surface area contributed by atoms with Crippen LogP contribution < -0.4 is 10.1 Å². The van der Waals surface area contributed by atoms with E-state index in [1.54, 1.807) is 6.92 Å². The number of benzene rings is 1. The molecule has 0 unspecified atom stereocenters. The molecule has 0 radical (unpaired) electrons. The van der Waals surface area contributed by atoms with Gasteiger partial charge in [-0.1, -0.05) is 29.3 Å². The maximum atomic E-state index is 12.0. The molecule has 0 fully saturated rings. The first-order chi connectivity index (χ1) is 12.5. The van der Waals surface area contributed by atoms with Gasteiger partial charge in [-0.3, -0.25) is 4.79 Å². The van der Waals surface area contributed by atoms with Crippen molar-refractivity contribution in [3.8, 4) is 5.75 Å². The largest absolute Gasteiger partial charge is 0.482 e. The van der Waals surface area contributed by atoms with Crippen molar-refractivity contribution in [2.75, 3.05) is 13.2 Å². The third-order valence-electron chi connectivity index (χ3n) is 4.48. The molecule has 0 aromatic heterocycles. The number of allylic oxidation sites excluding steroid dienone is 1. The molecule has 26 heavy (non-hydrogen) atoms. The van der Waals surface area contributed by atoms with Crippen molar-refractivity contribution in [3.05, 3.63) is 41.0 Å². The van der Waals surface area contributed by atoms with Crippen molar-refractivity contribution >= 4 is 11.9 Å². The van der Waals surface area contributed by atoms with Gasteiger partial charge in [0.1, 0.15) is 5.75 Å². The monoisotopic (exact) mass is 359 g/mol. The van der Waals surface area contributed by atoms with Crippen LogP contribution in [0.25, 0.3) is 0 Å². The van der Waals surface area contributed by atoms with E-state index in [4.69, 9.17) is 9.47 Å². The van der Waals surface area contributed by atoms with Crippen LogP contribution in [-0.2, 0) is 14.3 Å². The summed E-state index contributed by atoms with van der Waals surface area (Å²) in [6.07, 6.45) is 7.05. The highest BCUT2D eigenvalue weighted by Gasteiger charge is 2.18. The highest BCUT2D eigenvalue weighted by atomic mass is 16.6. The molecule has 1 atom stereocenters. The van der Waals surface area contributed by atoms with E-state index in [1.165, 1.54) is 18.4 Å². The van der Waals surface area contributed by atoms with Crippen LogP contribution >= 0.6 is 0 Å². The minimum atomic E-state index is -0.828. The normalized spacial score (nSPS) is 15.0. The molecule has 0 heterocycles. The molecule has 1 aromatic carbocycles. The van der Waals surface area contributed by atoms with Crippen LogP contribution in [0.2, 0.25) is 0 Å². The Balaban J connectivity index is 1.68. The van der Waals surface area contributed by atoms with Crippen LogP contribution in [0.5, 0.6) is 5.75 Å². The first-order valence-corrected chi connectivity index (χ1v) is 9.31. The van der Waals surface area contributed by atoms with E-state index in [2.05, 4.69) is 11.4 Å². The number of carbonyl (C=O) groups excluding carboxylic acids is 2. The van der Waals surface area contributed by atoms with Gasteiger partial charge in [0.15, 0.2) is 12.7 Å². The fraction of sp³-hybridized carbons (Fsp3) is 0.524. The second kappa shape index (κ2) is 10.00. The maximum absolute atomic E-state index is 12.0. The summed E-state index contributed by atoms with van der Waals surface area (Å²) in [7, 11) is 0. The van der Waals surface area contributed by atoms with Gasteiger partial charge in [0.25, 0.3) is 5.91 Å². The first-order valence-electron chi connectivity index (χ1n) is 9.31. The summed E-state index contributed by atoms with van der Waals surface area (Å²) in [6.45, 7) is 5.85. The van der Waals surface area contributed by atoms with Crippen LogP contribution in [0, 0.1) is 13.8 Å². The van der Waals surface area contributed by atoms with E-state index < -0.39 is 12.1 Å². The van der Waals surface area contributed by atoms with Gasteiger partial charge in [-0.25, -0.2) is 4.79 Å². The molecule has 1 N–H and O–H groups in total. The Kier molecular flexibility index (Phi) is 7.70. The summed E-state index contributed by atoms with van der Waals surface area (Å²) in [5, 5.41) is 2.83. The number of esters is 1. The van der Waals surface area contributed by atoms with Crippen molar-refractivity contribution < 1.29 is 19.1 Å². The molecule has 0 spiro atoms. The van der Waals surface area contributed by atoms with Gasteiger partial charge in [-0.2, -0.15) is 0 Å². The Bertz CT molecular complexity index is 666. The number of carbonyl (C=O) groups is 2. The standard InChI is InChI=1S/C21H29NO4/c1-15-9-10-19(16(2)13-15)25-14-20(23)26-17(3)21(24)22-12-11-18-7-5-4-6-8-18/h7,9-10,13,17H,4-6,8,11-12,14H2,1-3H3,(H,22,24)/t17-/m1/s1. The van der Waals surface area contributed by atoms with Crippen molar-refractivity contribution in [2.45, 2.75) is 59.0 Å². The van der Waals surface area contributed by atoms with E-state index in [9.17, 15) is 9.59 Å². The lowest BCUT2D eigenvalue weighted by Gasteiger charge is -2.16. The Labute approximate surface area is 155 Å². The van der Waals surface area contributed by atoms with Gasteiger partial charge in [-0.15, -0.1) is 0 Å². The highest BCUT2D eigenvalue weighted by molar-refractivity contribution is 5.83. The molecule has 5 heteroatoms. The minimum absolute atomic E-state index is 0.214. The fourth-order valence-corrected chi connectivity index (χ4v) is 3.00. The number of nitrogens with one attached hydrogen (secondary N) is 1. The first kappa shape index (κ1) is 20.0. The maximum Gasteiger partial charge on any atom is 0.344 e. The van der Waals surface area contributed by atoms with E-state index in [0.29, 0.717) is 12.3 Å². The number of amides is 1. The number of aryl methyl sites for hydroxylation is 2. The molecule has 0 aliphatic heterocycles. The third kappa shape index (κ3) is 6.54. The molecule has 0 saturated heterocycles. The van der Waals surface area contributed by atoms with E-state index in [-0.39, 0.29) is 12.5 Å². The van der Waals surface area contributed by atoms with Gasteiger partial charge in [-0.05, 0) is 64.5 Å². The molecule has 5 nitrogen and oxygen atoms in total. The molecular weight excluding hydrogens is 330 g/mol. The molecule has 142 valence electrons. The number of hydrogen-bond donors (Lipinski definition) is 1. The van der Waals surface area contributed by atoms with Gasteiger partial charge in [0.05, 0.1) is 0 Å². The van der Waals surface area contributed by atoms with Gasteiger partial charge in [0, 0.05) is 6.54 Å². The van der Waals surface area contributed by atoms with Gasteiger partial charge >= 0.3 is 5.97 Å². The second-order valence-electron chi connectivity index (χ2n) is 6.84. The summed E-state index contributed by atoms with van der Waals surface area (Å²) < 4.78 is 10.6. The molecule has 1 amide bonds. The minimum Gasteiger partial charge on any atom is -0.482 e. The van der Waals surface area contributed by atoms with E-state index in [0.717, 1.165) is 30.4 Å². The van der Waals surface area contributed by atoms with Crippen molar-refractivity contribution in [1.29, 1.82) is 0 Å². The molecular formula is C21H29NO4. The molecule has 0 bridgehead atoms. The number of hydrogen-bond acceptors (Lipinski definition) is 4. The van der Waals surface area contributed by atoms with Crippen LogP contribution in [0.3, 0.4) is 0 Å². The molecule has 1 aliphatic rings. The van der Waals surface area contributed by atoms with Gasteiger partial charge < -0.3 is 14.8 Å². The molecule has 2 rings (SSSR count). The third-order valence-corrected chi connectivity index (χ3v) is 4.48. The zero-order valence-electron chi connectivity index (χ0n) is 16.0. The summed E-state index contributed by atoms with van der Waals surface area (Å²) in [5.41, 5.74) is 3.50. The lowest BCUT2D eigenvalue weighted by molar-refractivity contribution is -0.156. The summed E-state index contributed by atoms with van der Waals surface area (Å²) in [4.78, 5) is 23.9. The number of ether oxygens (including phenoxy) is 2. The van der Waals surface area contributed by atoms with Crippen molar-refractivity contribution in [2.24, 2.45) is 0 Å².